The predicted molar refractivity (Wildman–Crippen MR) is 81.3 cm³/mol. The number of benzene rings is 1. The molecule has 116 valence electrons. The quantitative estimate of drug-likeness (QED) is 0.656. The van der Waals surface area contributed by atoms with Crippen molar-refractivity contribution in [3.05, 3.63) is 64.1 Å². The molecule has 0 aliphatic rings. The molecule has 1 amide bonds. The fourth-order valence-corrected chi connectivity index (χ4v) is 2.17. The SMILES string of the molecule is CC(C)(NC(=O)CCc1ccco1)c1ccc([N+](=O)[O-])cc1. The molecule has 1 heterocycles. The van der Waals surface area contributed by atoms with Gasteiger partial charge in [-0.2, -0.15) is 0 Å². The number of carbonyl (C=O) groups is 1. The maximum Gasteiger partial charge on any atom is 0.269 e. The summed E-state index contributed by atoms with van der Waals surface area (Å²) in [7, 11) is 0. The number of aryl methyl sites for hydroxylation is 1. The number of amides is 1. The second kappa shape index (κ2) is 6.43. The first-order valence-corrected chi connectivity index (χ1v) is 6.97. The van der Waals surface area contributed by atoms with Crippen LogP contribution < -0.4 is 5.32 Å². The lowest BCUT2D eigenvalue weighted by Gasteiger charge is -2.26. The van der Waals surface area contributed by atoms with Crippen LogP contribution in [0, 0.1) is 10.1 Å². The number of rotatable bonds is 6. The Labute approximate surface area is 128 Å². The van der Waals surface area contributed by atoms with Crippen LogP contribution in [-0.4, -0.2) is 10.8 Å². The number of nitrogens with zero attached hydrogens (tertiary/aromatic N) is 1. The van der Waals surface area contributed by atoms with E-state index in [1.807, 2.05) is 19.9 Å². The molecule has 1 N–H and O–H groups in total. The molecule has 0 saturated carbocycles. The number of hydrogen-bond donors (Lipinski definition) is 1. The van der Waals surface area contributed by atoms with Crippen molar-refractivity contribution in [3.8, 4) is 0 Å². The first kappa shape index (κ1) is 15.8. The van der Waals surface area contributed by atoms with Crippen molar-refractivity contribution < 1.29 is 14.1 Å². The Morgan fingerprint density at radius 1 is 1.27 bits per heavy atom. The minimum absolute atomic E-state index is 0.0312. The van der Waals surface area contributed by atoms with E-state index in [4.69, 9.17) is 4.42 Å². The minimum Gasteiger partial charge on any atom is -0.469 e. The van der Waals surface area contributed by atoms with Gasteiger partial charge in [-0.25, -0.2) is 0 Å². The Morgan fingerprint density at radius 2 is 1.95 bits per heavy atom. The molecule has 2 rings (SSSR count). The fraction of sp³-hybridized carbons (Fsp3) is 0.312. The zero-order chi connectivity index (χ0) is 16.2. The molecule has 0 radical (unpaired) electrons. The Kier molecular flexibility index (Phi) is 4.60. The van der Waals surface area contributed by atoms with E-state index in [2.05, 4.69) is 5.32 Å². The molecule has 6 heteroatoms. The van der Waals surface area contributed by atoms with Gasteiger partial charge in [-0.15, -0.1) is 0 Å². The highest BCUT2D eigenvalue weighted by atomic mass is 16.6. The highest BCUT2D eigenvalue weighted by Gasteiger charge is 2.23. The molecular weight excluding hydrogens is 284 g/mol. The highest BCUT2D eigenvalue weighted by Crippen LogP contribution is 2.23. The number of furan rings is 1. The molecule has 0 saturated heterocycles. The lowest BCUT2D eigenvalue weighted by Crippen LogP contribution is -2.41. The number of nitrogens with one attached hydrogen (secondary N) is 1. The summed E-state index contributed by atoms with van der Waals surface area (Å²) in [5.74, 6) is 0.669. The van der Waals surface area contributed by atoms with E-state index in [-0.39, 0.29) is 11.6 Å². The van der Waals surface area contributed by atoms with Gasteiger partial charge in [0.15, 0.2) is 0 Å². The molecule has 6 nitrogen and oxygen atoms in total. The van der Waals surface area contributed by atoms with Gasteiger partial charge in [-0.1, -0.05) is 0 Å². The summed E-state index contributed by atoms with van der Waals surface area (Å²) in [6.45, 7) is 3.72. The minimum atomic E-state index is -0.602. The van der Waals surface area contributed by atoms with E-state index in [0.717, 1.165) is 11.3 Å². The molecule has 0 aliphatic carbocycles. The van der Waals surface area contributed by atoms with Gasteiger partial charge in [-0.3, -0.25) is 14.9 Å². The van der Waals surface area contributed by atoms with E-state index in [1.165, 1.54) is 12.1 Å². The van der Waals surface area contributed by atoms with Crippen molar-refractivity contribution >= 4 is 11.6 Å². The number of hydrogen-bond acceptors (Lipinski definition) is 4. The van der Waals surface area contributed by atoms with E-state index in [0.29, 0.717) is 12.8 Å². The number of nitro benzene ring substituents is 1. The van der Waals surface area contributed by atoms with Crippen LogP contribution >= 0.6 is 0 Å². The molecule has 2 aromatic rings. The summed E-state index contributed by atoms with van der Waals surface area (Å²) < 4.78 is 5.19. The average Bonchev–Trinajstić information content (AvgIpc) is 2.98. The van der Waals surface area contributed by atoms with Crippen LogP contribution in [0.2, 0.25) is 0 Å². The topological polar surface area (TPSA) is 85.4 Å². The maximum absolute atomic E-state index is 12.0. The van der Waals surface area contributed by atoms with Gasteiger partial charge in [0.05, 0.1) is 16.7 Å². The average molecular weight is 302 g/mol. The lowest BCUT2D eigenvalue weighted by molar-refractivity contribution is -0.384. The van der Waals surface area contributed by atoms with Gasteiger partial charge in [0, 0.05) is 25.0 Å². The van der Waals surface area contributed by atoms with E-state index < -0.39 is 10.5 Å². The van der Waals surface area contributed by atoms with Crippen molar-refractivity contribution in [2.45, 2.75) is 32.2 Å². The largest absolute Gasteiger partial charge is 0.469 e. The standard InChI is InChI=1S/C16H18N2O4/c1-16(2,12-5-7-13(8-6-12)18(20)21)17-15(19)10-9-14-4-3-11-22-14/h3-8,11H,9-10H2,1-2H3,(H,17,19). The zero-order valence-corrected chi connectivity index (χ0v) is 12.5. The molecule has 1 aromatic carbocycles. The molecule has 0 spiro atoms. The van der Waals surface area contributed by atoms with E-state index in [9.17, 15) is 14.9 Å². The van der Waals surface area contributed by atoms with Gasteiger partial charge in [0.2, 0.25) is 5.91 Å². The number of nitro groups is 1. The van der Waals surface area contributed by atoms with Crippen molar-refractivity contribution in [1.29, 1.82) is 0 Å². The Hall–Kier alpha value is -2.63. The third kappa shape index (κ3) is 3.94. The molecule has 0 bridgehead atoms. The normalized spacial score (nSPS) is 11.2. The summed E-state index contributed by atoms with van der Waals surface area (Å²) in [6.07, 6.45) is 2.44. The fourth-order valence-electron chi connectivity index (χ4n) is 2.17. The van der Waals surface area contributed by atoms with Gasteiger partial charge < -0.3 is 9.73 Å². The first-order chi connectivity index (χ1) is 10.4. The van der Waals surface area contributed by atoms with Gasteiger partial charge in [-0.05, 0) is 43.7 Å². The third-order valence-corrected chi connectivity index (χ3v) is 3.43. The maximum atomic E-state index is 12.0. The summed E-state index contributed by atoms with van der Waals surface area (Å²) >= 11 is 0. The molecular formula is C16H18N2O4. The van der Waals surface area contributed by atoms with Crippen LogP contribution in [0.25, 0.3) is 0 Å². The van der Waals surface area contributed by atoms with Gasteiger partial charge in [0.1, 0.15) is 5.76 Å². The smallest absolute Gasteiger partial charge is 0.269 e. The summed E-state index contributed by atoms with van der Waals surface area (Å²) in [4.78, 5) is 22.3. The van der Waals surface area contributed by atoms with Gasteiger partial charge in [0.25, 0.3) is 5.69 Å². The second-order valence-corrected chi connectivity index (χ2v) is 5.56. The van der Waals surface area contributed by atoms with E-state index in [1.54, 1.807) is 24.5 Å². The van der Waals surface area contributed by atoms with Crippen molar-refractivity contribution in [1.82, 2.24) is 5.32 Å². The van der Waals surface area contributed by atoms with Crippen molar-refractivity contribution in [2.24, 2.45) is 0 Å². The van der Waals surface area contributed by atoms with Crippen LogP contribution in [0.5, 0.6) is 0 Å². The zero-order valence-electron chi connectivity index (χ0n) is 12.5. The monoisotopic (exact) mass is 302 g/mol. The number of non-ortho nitro benzene ring substituents is 1. The van der Waals surface area contributed by atoms with Crippen LogP contribution in [0.4, 0.5) is 5.69 Å². The van der Waals surface area contributed by atoms with Gasteiger partial charge >= 0.3 is 0 Å². The van der Waals surface area contributed by atoms with Crippen LogP contribution in [0.3, 0.4) is 0 Å². The van der Waals surface area contributed by atoms with Crippen molar-refractivity contribution in [2.75, 3.05) is 0 Å². The highest BCUT2D eigenvalue weighted by molar-refractivity contribution is 5.77. The summed E-state index contributed by atoms with van der Waals surface area (Å²) in [5.41, 5.74) is 0.239. The van der Waals surface area contributed by atoms with Crippen LogP contribution in [-0.2, 0) is 16.8 Å². The third-order valence-electron chi connectivity index (χ3n) is 3.43. The number of carbonyl (C=O) groups excluding carboxylic acids is 1. The molecule has 0 atom stereocenters. The Balaban J connectivity index is 1.97. The molecule has 0 aliphatic heterocycles. The van der Waals surface area contributed by atoms with Crippen molar-refractivity contribution in [3.63, 3.8) is 0 Å². The summed E-state index contributed by atoms with van der Waals surface area (Å²) in [6, 6.07) is 9.80. The Morgan fingerprint density at radius 3 is 2.50 bits per heavy atom. The second-order valence-electron chi connectivity index (χ2n) is 5.56. The van der Waals surface area contributed by atoms with Crippen LogP contribution in [0.15, 0.2) is 47.1 Å². The molecule has 0 fully saturated rings. The van der Waals surface area contributed by atoms with Crippen LogP contribution in [0.1, 0.15) is 31.6 Å². The predicted octanol–water partition coefficient (Wildman–Crippen LogP) is 3.17. The molecule has 22 heavy (non-hydrogen) atoms. The Bertz CT molecular complexity index is 645. The molecule has 0 unspecified atom stereocenters. The van der Waals surface area contributed by atoms with E-state index >= 15 is 0 Å². The lowest BCUT2D eigenvalue weighted by atomic mass is 9.94. The molecule has 1 aromatic heterocycles. The summed E-state index contributed by atoms with van der Waals surface area (Å²) in [5, 5.41) is 13.6. The first-order valence-electron chi connectivity index (χ1n) is 6.97.